The van der Waals surface area contributed by atoms with E-state index in [-0.39, 0.29) is 48.9 Å². The van der Waals surface area contributed by atoms with Gasteiger partial charge < -0.3 is 10.1 Å². The second-order valence-corrected chi connectivity index (χ2v) is 11.6. The molecule has 41 heavy (non-hydrogen) atoms. The minimum Gasteiger partial charge on any atom is -0.512 e. The molecule has 0 unspecified atom stereocenters. The maximum atomic E-state index is 11.7. The van der Waals surface area contributed by atoms with Crippen LogP contribution in [-0.4, -0.2) is 15.9 Å². The van der Waals surface area contributed by atoms with Crippen molar-refractivity contribution in [3.8, 4) is 0 Å². The van der Waals surface area contributed by atoms with Crippen molar-refractivity contribution in [3.05, 3.63) is 89.8 Å². The van der Waals surface area contributed by atoms with Gasteiger partial charge in [-0.25, -0.2) is 0 Å². The maximum absolute atomic E-state index is 11.7. The van der Waals surface area contributed by atoms with Gasteiger partial charge in [-0.2, -0.15) is 0 Å². The summed E-state index contributed by atoms with van der Waals surface area (Å²) in [6.07, 6.45) is 6.79. The molecule has 4 aromatic carbocycles. The number of aliphatic hydroxyl groups excluding tert-OH is 1. The molecule has 5 aromatic rings. The number of carbonyl (C=O) groups is 1. The zero-order valence-electron chi connectivity index (χ0n) is 25.0. The van der Waals surface area contributed by atoms with E-state index in [4.69, 9.17) is 4.98 Å². The molecule has 0 spiro atoms. The van der Waals surface area contributed by atoms with Gasteiger partial charge in [-0.3, -0.25) is 4.79 Å². The number of carbonyl (C=O) groups excluding carboxylic acids is 1. The van der Waals surface area contributed by atoms with Crippen LogP contribution in [-0.2, 0) is 30.3 Å². The summed E-state index contributed by atoms with van der Waals surface area (Å²) < 4.78 is 0. The molecule has 215 valence electrons. The Hall–Kier alpha value is -3.07. The second kappa shape index (κ2) is 12.4. The van der Waals surface area contributed by atoms with Gasteiger partial charge in [-0.15, -0.1) is 17.5 Å². The van der Waals surface area contributed by atoms with Crippen molar-refractivity contribution in [1.29, 1.82) is 0 Å². The monoisotopic (exact) mass is 723 g/mol. The summed E-state index contributed by atoms with van der Waals surface area (Å²) in [6, 6.07) is 23.3. The molecule has 0 fully saturated rings. The van der Waals surface area contributed by atoms with Crippen LogP contribution in [0.4, 0.5) is 0 Å². The summed E-state index contributed by atoms with van der Waals surface area (Å²) in [4.78, 5) is 16.4. The van der Waals surface area contributed by atoms with Gasteiger partial charge in [0.1, 0.15) is 0 Å². The van der Waals surface area contributed by atoms with Crippen molar-refractivity contribution in [2.24, 2.45) is 11.8 Å². The molecule has 0 aliphatic heterocycles. The van der Waals surface area contributed by atoms with Crippen molar-refractivity contribution in [3.63, 3.8) is 0 Å². The quantitative estimate of drug-likeness (QED) is 0.0788. The van der Waals surface area contributed by atoms with Crippen molar-refractivity contribution in [2.75, 3.05) is 0 Å². The van der Waals surface area contributed by atoms with Crippen LogP contribution in [0.3, 0.4) is 0 Å². The predicted molar refractivity (Wildman–Crippen MR) is 169 cm³/mol. The van der Waals surface area contributed by atoms with E-state index in [1.807, 2.05) is 40.0 Å². The van der Waals surface area contributed by atoms with Crippen molar-refractivity contribution < 1.29 is 30.0 Å². The number of nitrogens with zero attached hydrogens (tertiary/aromatic N) is 1. The van der Waals surface area contributed by atoms with Crippen molar-refractivity contribution in [1.82, 2.24) is 4.98 Å². The fourth-order valence-electron chi connectivity index (χ4n) is 6.59. The number of hydrogen-bond acceptors (Lipinski definition) is 3. The maximum Gasteiger partial charge on any atom is 0.162 e. The topological polar surface area (TPSA) is 50.2 Å². The van der Waals surface area contributed by atoms with Crippen LogP contribution in [0.1, 0.15) is 78.4 Å². The van der Waals surface area contributed by atoms with Crippen LogP contribution < -0.4 is 0 Å². The van der Waals surface area contributed by atoms with Crippen LogP contribution >= 0.6 is 0 Å². The zero-order valence-corrected chi connectivity index (χ0v) is 27.4. The first-order chi connectivity index (χ1) is 19.3. The average molecular weight is 723 g/mol. The molecule has 1 aliphatic carbocycles. The molecule has 0 bridgehead atoms. The van der Waals surface area contributed by atoms with Crippen LogP contribution in [0.5, 0.6) is 0 Å². The molecule has 1 N–H and O–H groups in total. The standard InChI is InChI=1S/C24H16N.C13H24O2.Ir/c1-24(2)18-9-3-6-14-11-12-17-22(20(14)18)21-15(7-4-10-19(21)24)16-8-5-13-25-23(16)17;1-5-10(6-2)12(14)9-13(15)11(7-3)8-4;/h3-11,13H,1-2H3;9-11,14H,5-8H2,1-4H3;/q-1;;/b;12-9-;. The Labute approximate surface area is 257 Å². The molecule has 1 heterocycles. The summed E-state index contributed by atoms with van der Waals surface area (Å²) in [7, 11) is 0. The summed E-state index contributed by atoms with van der Waals surface area (Å²) in [5.41, 5.74) is 3.84. The Balaban J connectivity index is 0.000000212. The van der Waals surface area contributed by atoms with Crippen LogP contribution in [0.2, 0.25) is 0 Å². The van der Waals surface area contributed by atoms with E-state index in [9.17, 15) is 9.90 Å². The Kier molecular flexibility index (Phi) is 9.36. The summed E-state index contributed by atoms with van der Waals surface area (Å²) >= 11 is 0. The fraction of sp³-hybridized carbons (Fsp3) is 0.351. The van der Waals surface area contributed by atoms with E-state index in [0.29, 0.717) is 0 Å². The first-order valence-electron chi connectivity index (χ1n) is 14.8. The molecule has 6 rings (SSSR count). The number of allylic oxidation sites excluding steroid dienone is 2. The number of pyridine rings is 1. The molecule has 0 saturated carbocycles. The third kappa shape index (κ3) is 5.22. The van der Waals surface area contributed by atoms with E-state index >= 15 is 0 Å². The van der Waals surface area contributed by atoms with Gasteiger partial charge in [-0.05, 0) is 64.6 Å². The SMILES string of the molecule is CC1(C)c2cccc3c[c-]c4c5ncccc5c5cccc1c5c4c23.CCC(CC)C(=O)/C=C(\O)C(CC)CC.[Ir]. The Bertz CT molecular complexity index is 1760. The normalized spacial score (nSPS) is 13.8. The van der Waals surface area contributed by atoms with Crippen molar-refractivity contribution >= 4 is 49.0 Å². The van der Waals surface area contributed by atoms with Crippen LogP contribution in [0, 0.1) is 17.9 Å². The molecule has 4 heteroatoms. The molecule has 0 atom stereocenters. The van der Waals surface area contributed by atoms with Crippen LogP contribution in [0.15, 0.2) is 72.6 Å². The smallest absolute Gasteiger partial charge is 0.162 e. The third-order valence-corrected chi connectivity index (χ3v) is 9.05. The number of rotatable bonds is 7. The first kappa shape index (κ1) is 30.9. The van der Waals surface area contributed by atoms with Gasteiger partial charge >= 0.3 is 0 Å². The van der Waals surface area contributed by atoms with Gasteiger partial charge in [0, 0.05) is 49.6 Å². The van der Waals surface area contributed by atoms with E-state index in [1.54, 1.807) is 0 Å². The van der Waals surface area contributed by atoms with E-state index in [1.165, 1.54) is 49.5 Å². The molecule has 3 nitrogen and oxygen atoms in total. The van der Waals surface area contributed by atoms with E-state index in [0.717, 1.165) is 36.6 Å². The average Bonchev–Trinajstić information content (AvgIpc) is 2.97. The van der Waals surface area contributed by atoms with E-state index < -0.39 is 0 Å². The summed E-state index contributed by atoms with van der Waals surface area (Å²) in [5.74, 6) is 0.547. The molecule has 1 aliphatic rings. The van der Waals surface area contributed by atoms with Gasteiger partial charge in [0.15, 0.2) is 5.78 Å². The molecular formula is C37H40IrNO2-. The minimum absolute atomic E-state index is 0. The number of ketones is 1. The van der Waals surface area contributed by atoms with E-state index in [2.05, 4.69) is 68.4 Å². The Morgan fingerprint density at radius 1 is 0.854 bits per heavy atom. The summed E-state index contributed by atoms with van der Waals surface area (Å²) in [6.45, 7) is 12.8. The Morgan fingerprint density at radius 2 is 1.46 bits per heavy atom. The van der Waals surface area contributed by atoms with Crippen LogP contribution in [0.25, 0.3) is 43.2 Å². The second-order valence-electron chi connectivity index (χ2n) is 11.6. The summed E-state index contributed by atoms with van der Waals surface area (Å²) in [5, 5.41) is 18.8. The number of aliphatic hydroxyl groups is 1. The number of aromatic nitrogens is 1. The molecule has 1 radical (unpaired) electrons. The van der Waals surface area contributed by atoms with Gasteiger partial charge in [0.2, 0.25) is 0 Å². The molecule has 0 saturated heterocycles. The Morgan fingerprint density at radius 3 is 2.12 bits per heavy atom. The van der Waals surface area contributed by atoms with Gasteiger partial charge in [0.05, 0.1) is 5.76 Å². The largest absolute Gasteiger partial charge is 0.512 e. The fourth-order valence-corrected chi connectivity index (χ4v) is 6.59. The molecule has 1 aromatic heterocycles. The predicted octanol–water partition coefficient (Wildman–Crippen LogP) is 10.0. The zero-order chi connectivity index (χ0) is 28.6. The van der Waals surface area contributed by atoms with Gasteiger partial charge in [0.25, 0.3) is 0 Å². The first-order valence-corrected chi connectivity index (χ1v) is 14.8. The van der Waals surface area contributed by atoms with Crippen molar-refractivity contribution in [2.45, 2.75) is 72.6 Å². The van der Waals surface area contributed by atoms with Gasteiger partial charge in [-0.1, -0.05) is 100 Å². The minimum atomic E-state index is -0.0177. The third-order valence-electron chi connectivity index (χ3n) is 9.05. The molecule has 0 amide bonds. The molecular weight excluding hydrogens is 683 g/mol. The number of benzene rings is 4. The number of hydrogen-bond donors (Lipinski definition) is 1. The number of fused-ring (bicyclic) bond motifs is 3.